The Labute approximate surface area is 97.8 Å². The molecule has 0 aliphatic rings. The van der Waals surface area contributed by atoms with E-state index >= 15 is 0 Å². The fourth-order valence-corrected chi connectivity index (χ4v) is 2.22. The van der Waals surface area contributed by atoms with Crippen molar-refractivity contribution in [3.63, 3.8) is 0 Å². The van der Waals surface area contributed by atoms with Crippen molar-refractivity contribution >= 4 is 29.0 Å². The molecule has 1 unspecified atom stereocenters. The minimum Gasteiger partial charge on any atom is -0.352 e. The van der Waals surface area contributed by atoms with Gasteiger partial charge in [0.2, 0.25) is 0 Å². The molecule has 15 heavy (non-hydrogen) atoms. The van der Waals surface area contributed by atoms with E-state index in [1.54, 1.807) is 11.3 Å². The van der Waals surface area contributed by atoms with Gasteiger partial charge in [-0.25, -0.2) is 4.79 Å². The van der Waals surface area contributed by atoms with E-state index in [4.69, 9.17) is 17.3 Å². The summed E-state index contributed by atoms with van der Waals surface area (Å²) in [5, 5.41) is 5.76. The normalized spacial score (nSPS) is 12.4. The number of hydrogen-bond donors (Lipinski definition) is 3. The fourth-order valence-electron chi connectivity index (χ4n) is 1.14. The van der Waals surface area contributed by atoms with Crippen molar-refractivity contribution < 1.29 is 4.79 Å². The molecular formula is C9H14ClN3OS. The van der Waals surface area contributed by atoms with E-state index < -0.39 is 6.03 Å². The van der Waals surface area contributed by atoms with Gasteiger partial charge in [0.25, 0.3) is 0 Å². The van der Waals surface area contributed by atoms with Gasteiger partial charge < -0.3 is 16.4 Å². The largest absolute Gasteiger partial charge is 0.352 e. The van der Waals surface area contributed by atoms with Gasteiger partial charge in [0.05, 0.1) is 4.34 Å². The number of thiophene rings is 1. The number of nitrogens with one attached hydrogen (secondary N) is 2. The monoisotopic (exact) mass is 247 g/mol. The number of hydrogen-bond acceptors (Lipinski definition) is 3. The third kappa shape index (κ3) is 4.51. The highest BCUT2D eigenvalue weighted by molar-refractivity contribution is 7.16. The molecule has 1 aromatic rings. The summed E-state index contributed by atoms with van der Waals surface area (Å²) in [4.78, 5) is 11.6. The average Bonchev–Trinajstić information content (AvgIpc) is 2.59. The zero-order valence-corrected chi connectivity index (χ0v) is 9.99. The molecule has 0 bridgehead atoms. The van der Waals surface area contributed by atoms with Gasteiger partial charge in [-0.05, 0) is 19.1 Å². The molecule has 1 rings (SSSR count). The molecule has 0 aliphatic carbocycles. The van der Waals surface area contributed by atoms with E-state index in [9.17, 15) is 4.79 Å². The molecule has 0 aromatic carbocycles. The minimum absolute atomic E-state index is 0.233. The standard InChI is InChI=1S/C9H14ClN3OS/c1-6(7-2-3-8(10)15-7)12-4-5-13-9(11)14/h2-3,6,12H,4-5H2,1H3,(H3,11,13,14). The van der Waals surface area contributed by atoms with Gasteiger partial charge >= 0.3 is 6.03 Å². The molecule has 4 nitrogen and oxygen atoms in total. The number of rotatable bonds is 5. The summed E-state index contributed by atoms with van der Waals surface area (Å²) in [5.74, 6) is 0. The van der Waals surface area contributed by atoms with Crippen molar-refractivity contribution in [2.45, 2.75) is 13.0 Å². The summed E-state index contributed by atoms with van der Waals surface area (Å²) in [6, 6.07) is 3.61. The molecule has 0 spiro atoms. The molecule has 84 valence electrons. The molecule has 0 saturated heterocycles. The summed E-state index contributed by atoms with van der Waals surface area (Å²) in [6.07, 6.45) is 0. The van der Waals surface area contributed by atoms with E-state index in [2.05, 4.69) is 10.6 Å². The number of carbonyl (C=O) groups is 1. The molecule has 4 N–H and O–H groups in total. The Bertz CT molecular complexity index is 329. The predicted molar refractivity (Wildman–Crippen MR) is 63.3 cm³/mol. The number of nitrogens with two attached hydrogens (primary N) is 1. The lowest BCUT2D eigenvalue weighted by atomic mass is 10.3. The highest BCUT2D eigenvalue weighted by atomic mass is 35.5. The van der Waals surface area contributed by atoms with Crippen molar-refractivity contribution in [3.05, 3.63) is 21.3 Å². The smallest absolute Gasteiger partial charge is 0.312 e. The first kappa shape index (κ1) is 12.3. The topological polar surface area (TPSA) is 67.2 Å². The van der Waals surface area contributed by atoms with E-state index in [0.29, 0.717) is 13.1 Å². The zero-order valence-electron chi connectivity index (χ0n) is 8.42. The Hall–Kier alpha value is -0.780. The number of amides is 2. The van der Waals surface area contributed by atoms with Crippen LogP contribution in [0.4, 0.5) is 4.79 Å². The average molecular weight is 248 g/mol. The molecule has 1 aromatic heterocycles. The molecule has 0 saturated carbocycles. The second kappa shape index (κ2) is 5.95. The third-order valence-electron chi connectivity index (χ3n) is 1.90. The van der Waals surface area contributed by atoms with Crippen LogP contribution in [0.3, 0.4) is 0 Å². The van der Waals surface area contributed by atoms with Gasteiger partial charge in [0, 0.05) is 24.0 Å². The predicted octanol–water partition coefficient (Wildman–Crippen LogP) is 1.72. The van der Waals surface area contributed by atoms with Gasteiger partial charge in [-0.2, -0.15) is 0 Å². The third-order valence-corrected chi connectivity index (χ3v) is 3.31. The number of carbonyl (C=O) groups excluding carboxylic acids is 1. The molecule has 0 fully saturated rings. The Balaban J connectivity index is 2.24. The molecule has 1 heterocycles. The van der Waals surface area contributed by atoms with Crippen LogP contribution in [0.25, 0.3) is 0 Å². The van der Waals surface area contributed by atoms with Gasteiger partial charge in [-0.15, -0.1) is 11.3 Å². The number of halogens is 1. The van der Waals surface area contributed by atoms with Crippen LogP contribution in [0, 0.1) is 0 Å². The Morgan fingerprint density at radius 2 is 2.33 bits per heavy atom. The van der Waals surface area contributed by atoms with Crippen LogP contribution in [0.5, 0.6) is 0 Å². The quantitative estimate of drug-likeness (QED) is 0.694. The Morgan fingerprint density at radius 3 is 2.87 bits per heavy atom. The van der Waals surface area contributed by atoms with E-state index in [-0.39, 0.29) is 6.04 Å². The van der Waals surface area contributed by atoms with Crippen LogP contribution in [0.15, 0.2) is 12.1 Å². The van der Waals surface area contributed by atoms with E-state index in [1.807, 2.05) is 19.1 Å². The van der Waals surface area contributed by atoms with Gasteiger partial charge in [-0.1, -0.05) is 11.6 Å². The summed E-state index contributed by atoms with van der Waals surface area (Å²) >= 11 is 7.38. The molecule has 0 radical (unpaired) electrons. The van der Waals surface area contributed by atoms with Crippen molar-refractivity contribution in [2.75, 3.05) is 13.1 Å². The minimum atomic E-state index is -0.497. The maximum Gasteiger partial charge on any atom is 0.312 e. The first-order chi connectivity index (χ1) is 7.09. The highest BCUT2D eigenvalue weighted by Crippen LogP contribution is 2.26. The van der Waals surface area contributed by atoms with Crippen LogP contribution in [-0.2, 0) is 0 Å². The van der Waals surface area contributed by atoms with Crippen molar-refractivity contribution in [3.8, 4) is 0 Å². The van der Waals surface area contributed by atoms with Gasteiger partial charge in [-0.3, -0.25) is 0 Å². The van der Waals surface area contributed by atoms with Crippen LogP contribution >= 0.6 is 22.9 Å². The number of primary amides is 1. The van der Waals surface area contributed by atoms with Gasteiger partial charge in [0.1, 0.15) is 0 Å². The van der Waals surface area contributed by atoms with Crippen molar-refractivity contribution in [2.24, 2.45) is 5.73 Å². The maximum absolute atomic E-state index is 10.4. The van der Waals surface area contributed by atoms with Crippen LogP contribution in [0.1, 0.15) is 17.8 Å². The summed E-state index contributed by atoms with van der Waals surface area (Å²) in [6.45, 7) is 3.25. The lowest BCUT2D eigenvalue weighted by Crippen LogP contribution is -2.35. The van der Waals surface area contributed by atoms with Crippen LogP contribution in [-0.4, -0.2) is 19.1 Å². The van der Waals surface area contributed by atoms with Crippen LogP contribution < -0.4 is 16.4 Å². The Morgan fingerprint density at radius 1 is 1.60 bits per heavy atom. The first-order valence-electron chi connectivity index (χ1n) is 4.61. The second-order valence-electron chi connectivity index (χ2n) is 3.11. The summed E-state index contributed by atoms with van der Waals surface area (Å²) in [5.41, 5.74) is 4.93. The summed E-state index contributed by atoms with van der Waals surface area (Å²) in [7, 11) is 0. The molecule has 0 aliphatic heterocycles. The molecule has 1 atom stereocenters. The van der Waals surface area contributed by atoms with E-state index in [0.717, 1.165) is 4.34 Å². The van der Waals surface area contributed by atoms with E-state index in [1.165, 1.54) is 4.88 Å². The Kier molecular flexibility index (Phi) is 4.87. The lowest BCUT2D eigenvalue weighted by molar-refractivity contribution is 0.249. The second-order valence-corrected chi connectivity index (χ2v) is 4.86. The first-order valence-corrected chi connectivity index (χ1v) is 5.81. The van der Waals surface area contributed by atoms with Crippen molar-refractivity contribution in [1.82, 2.24) is 10.6 Å². The van der Waals surface area contributed by atoms with Crippen molar-refractivity contribution in [1.29, 1.82) is 0 Å². The maximum atomic E-state index is 10.4. The summed E-state index contributed by atoms with van der Waals surface area (Å²) < 4.78 is 0.786. The fraction of sp³-hybridized carbons (Fsp3) is 0.444. The molecule has 2 amide bonds. The molecule has 6 heteroatoms. The number of urea groups is 1. The SMILES string of the molecule is CC(NCCNC(N)=O)c1ccc(Cl)s1. The molecular weight excluding hydrogens is 234 g/mol. The van der Waals surface area contributed by atoms with Gasteiger partial charge in [0.15, 0.2) is 0 Å². The van der Waals surface area contributed by atoms with Crippen LogP contribution in [0.2, 0.25) is 4.34 Å². The zero-order chi connectivity index (χ0) is 11.3. The lowest BCUT2D eigenvalue weighted by Gasteiger charge is -2.11. The highest BCUT2D eigenvalue weighted by Gasteiger charge is 2.06.